The van der Waals surface area contributed by atoms with Crippen molar-refractivity contribution in [2.24, 2.45) is 0 Å². The Kier molecular flexibility index (Phi) is 4.24. The number of hydrogen-bond donors (Lipinski definition) is 2. The molecule has 1 atom stereocenters. The van der Waals surface area contributed by atoms with Crippen LogP contribution in [0.4, 0.5) is 0 Å². The third-order valence-corrected chi connectivity index (χ3v) is 3.66. The minimum atomic E-state index is -0.786. The third kappa shape index (κ3) is 2.67. The lowest BCUT2D eigenvalue weighted by atomic mass is 9.98. The van der Waals surface area contributed by atoms with Crippen LogP contribution in [-0.4, -0.2) is 10.2 Å². The molecule has 0 aliphatic rings. The van der Waals surface area contributed by atoms with Gasteiger partial charge in [-0.15, -0.1) is 0 Å². The van der Waals surface area contributed by atoms with Crippen LogP contribution in [0.15, 0.2) is 42.5 Å². The lowest BCUT2D eigenvalue weighted by Crippen LogP contribution is -2.01. The van der Waals surface area contributed by atoms with Crippen LogP contribution in [0, 0.1) is 3.57 Å². The summed E-state index contributed by atoms with van der Waals surface area (Å²) in [7, 11) is 0. The summed E-state index contributed by atoms with van der Waals surface area (Å²) in [5.74, 6) is 0.200. The first kappa shape index (κ1) is 13.4. The molecule has 94 valence electrons. The van der Waals surface area contributed by atoms with Crippen LogP contribution in [0.25, 0.3) is 0 Å². The number of para-hydroxylation sites is 1. The quantitative estimate of drug-likeness (QED) is 0.827. The van der Waals surface area contributed by atoms with Gasteiger partial charge in [0, 0.05) is 9.13 Å². The summed E-state index contributed by atoms with van der Waals surface area (Å²) in [4.78, 5) is 0. The van der Waals surface area contributed by atoms with Crippen LogP contribution in [0.5, 0.6) is 5.75 Å². The summed E-state index contributed by atoms with van der Waals surface area (Å²) in [5.41, 5.74) is 2.22. The van der Waals surface area contributed by atoms with E-state index in [4.69, 9.17) is 0 Å². The average Bonchev–Trinajstić information content (AvgIpc) is 2.38. The largest absolute Gasteiger partial charge is 0.507 e. The summed E-state index contributed by atoms with van der Waals surface area (Å²) in [6, 6.07) is 13.2. The number of aliphatic hydroxyl groups is 1. The lowest BCUT2D eigenvalue weighted by molar-refractivity contribution is 0.215. The second-order valence-corrected chi connectivity index (χ2v) is 5.41. The molecule has 0 aliphatic heterocycles. The van der Waals surface area contributed by atoms with Gasteiger partial charge in [-0.05, 0) is 52.3 Å². The highest BCUT2D eigenvalue weighted by Gasteiger charge is 2.16. The Morgan fingerprint density at radius 2 is 1.89 bits per heavy atom. The van der Waals surface area contributed by atoms with Crippen molar-refractivity contribution < 1.29 is 10.2 Å². The first-order chi connectivity index (χ1) is 8.63. The van der Waals surface area contributed by atoms with Gasteiger partial charge in [-0.3, -0.25) is 0 Å². The molecule has 0 spiro atoms. The molecule has 0 aliphatic carbocycles. The maximum absolute atomic E-state index is 10.4. The average molecular weight is 354 g/mol. The molecule has 0 heterocycles. The predicted molar refractivity (Wildman–Crippen MR) is 80.7 cm³/mol. The molecule has 0 radical (unpaired) electrons. The number of halogens is 1. The van der Waals surface area contributed by atoms with Gasteiger partial charge in [-0.1, -0.05) is 37.3 Å². The van der Waals surface area contributed by atoms with Crippen LogP contribution >= 0.6 is 22.6 Å². The van der Waals surface area contributed by atoms with E-state index >= 15 is 0 Å². The van der Waals surface area contributed by atoms with Gasteiger partial charge in [0.25, 0.3) is 0 Å². The molecule has 2 nitrogen and oxygen atoms in total. The van der Waals surface area contributed by atoms with E-state index in [1.165, 1.54) is 0 Å². The summed E-state index contributed by atoms with van der Waals surface area (Å²) >= 11 is 2.21. The van der Waals surface area contributed by atoms with E-state index < -0.39 is 6.10 Å². The smallest absolute Gasteiger partial charge is 0.124 e. The fourth-order valence-electron chi connectivity index (χ4n) is 1.97. The molecule has 1 unspecified atom stereocenters. The third-order valence-electron chi connectivity index (χ3n) is 2.99. The van der Waals surface area contributed by atoms with Crippen molar-refractivity contribution in [3.63, 3.8) is 0 Å². The van der Waals surface area contributed by atoms with E-state index in [2.05, 4.69) is 22.6 Å². The molecule has 0 aromatic heterocycles. The summed E-state index contributed by atoms with van der Waals surface area (Å²) in [6.07, 6.45) is -0.0372. The summed E-state index contributed by atoms with van der Waals surface area (Å²) < 4.78 is 1.07. The summed E-state index contributed by atoms with van der Waals surface area (Å²) in [6.45, 7) is 1.98. The van der Waals surface area contributed by atoms with Gasteiger partial charge >= 0.3 is 0 Å². The molecule has 2 N–H and O–H groups in total. The minimum absolute atomic E-state index is 0.200. The number of aryl methyl sites for hydroxylation is 1. The highest BCUT2D eigenvalue weighted by atomic mass is 127. The molecule has 3 heteroatoms. The second-order valence-electron chi connectivity index (χ2n) is 4.17. The summed E-state index contributed by atoms with van der Waals surface area (Å²) in [5, 5.41) is 20.5. The van der Waals surface area contributed by atoms with Crippen LogP contribution < -0.4 is 0 Å². The van der Waals surface area contributed by atoms with E-state index in [0.29, 0.717) is 5.56 Å². The monoisotopic (exact) mass is 354 g/mol. The Labute approximate surface area is 120 Å². The van der Waals surface area contributed by atoms with Crippen LogP contribution in [0.3, 0.4) is 0 Å². The van der Waals surface area contributed by atoms with E-state index in [9.17, 15) is 10.2 Å². The zero-order valence-electron chi connectivity index (χ0n) is 10.1. The molecular formula is C15H15IO2. The molecule has 0 amide bonds. The first-order valence-corrected chi connectivity index (χ1v) is 6.95. The lowest BCUT2D eigenvalue weighted by Gasteiger charge is -2.15. The topological polar surface area (TPSA) is 40.5 Å². The number of rotatable bonds is 3. The fourth-order valence-corrected chi connectivity index (χ4v) is 2.54. The Morgan fingerprint density at radius 3 is 2.56 bits per heavy atom. The molecule has 0 saturated carbocycles. The van der Waals surface area contributed by atoms with Crippen molar-refractivity contribution in [1.82, 2.24) is 0 Å². The Morgan fingerprint density at radius 1 is 1.17 bits per heavy atom. The number of hydrogen-bond acceptors (Lipinski definition) is 2. The number of phenols is 1. The molecular weight excluding hydrogens is 339 g/mol. The van der Waals surface area contributed by atoms with Crippen molar-refractivity contribution in [2.75, 3.05) is 0 Å². The predicted octanol–water partition coefficient (Wildman–Crippen LogP) is 3.64. The maximum atomic E-state index is 10.4. The van der Waals surface area contributed by atoms with E-state index in [1.54, 1.807) is 6.07 Å². The number of aliphatic hydroxyl groups excluding tert-OH is 1. The molecule has 0 saturated heterocycles. The van der Waals surface area contributed by atoms with Crippen LogP contribution in [0.2, 0.25) is 0 Å². The minimum Gasteiger partial charge on any atom is -0.507 e. The normalized spacial score (nSPS) is 12.4. The van der Waals surface area contributed by atoms with Crippen molar-refractivity contribution in [3.8, 4) is 5.75 Å². The van der Waals surface area contributed by atoms with Crippen molar-refractivity contribution in [1.29, 1.82) is 0 Å². The van der Waals surface area contributed by atoms with Crippen LogP contribution in [0.1, 0.15) is 29.7 Å². The molecule has 0 bridgehead atoms. The number of benzene rings is 2. The SMILES string of the molecule is CCc1cccc(C(O)c2cccc(I)c2)c1O. The number of phenolic OH excluding ortho intramolecular Hbond substituents is 1. The van der Waals surface area contributed by atoms with Gasteiger partial charge in [-0.25, -0.2) is 0 Å². The molecule has 2 aromatic rings. The second kappa shape index (κ2) is 5.71. The van der Waals surface area contributed by atoms with Gasteiger partial charge in [0.2, 0.25) is 0 Å². The molecule has 2 rings (SSSR count). The highest BCUT2D eigenvalue weighted by molar-refractivity contribution is 14.1. The highest BCUT2D eigenvalue weighted by Crippen LogP contribution is 2.32. The van der Waals surface area contributed by atoms with Gasteiger partial charge in [0.05, 0.1) is 0 Å². The van der Waals surface area contributed by atoms with Crippen LogP contribution in [-0.2, 0) is 6.42 Å². The van der Waals surface area contributed by atoms with E-state index in [1.807, 2.05) is 43.3 Å². The van der Waals surface area contributed by atoms with Gasteiger partial charge < -0.3 is 10.2 Å². The standard InChI is InChI=1S/C15H15IO2/c1-2-10-5-4-8-13(14(10)17)15(18)11-6-3-7-12(16)9-11/h3-9,15,17-18H,2H2,1H3. The van der Waals surface area contributed by atoms with Gasteiger partial charge in [0.15, 0.2) is 0 Å². The van der Waals surface area contributed by atoms with E-state index in [-0.39, 0.29) is 5.75 Å². The van der Waals surface area contributed by atoms with Gasteiger partial charge in [0.1, 0.15) is 11.9 Å². The van der Waals surface area contributed by atoms with Crippen molar-refractivity contribution in [3.05, 3.63) is 62.7 Å². The zero-order chi connectivity index (χ0) is 13.1. The Bertz CT molecular complexity index is 552. The Balaban J connectivity index is 2.43. The number of aromatic hydroxyl groups is 1. The first-order valence-electron chi connectivity index (χ1n) is 5.87. The molecule has 0 fully saturated rings. The van der Waals surface area contributed by atoms with Gasteiger partial charge in [-0.2, -0.15) is 0 Å². The maximum Gasteiger partial charge on any atom is 0.124 e. The molecule has 18 heavy (non-hydrogen) atoms. The van der Waals surface area contributed by atoms with E-state index in [0.717, 1.165) is 21.1 Å². The molecule has 2 aromatic carbocycles. The Hall–Kier alpha value is -1.07. The van der Waals surface area contributed by atoms with Crippen molar-refractivity contribution >= 4 is 22.6 Å². The fraction of sp³-hybridized carbons (Fsp3) is 0.200. The zero-order valence-corrected chi connectivity index (χ0v) is 12.3. The van der Waals surface area contributed by atoms with Crippen molar-refractivity contribution in [2.45, 2.75) is 19.4 Å².